The largest absolute Gasteiger partial charge is 0.481 e. The Labute approximate surface area is 180 Å². The van der Waals surface area contributed by atoms with Gasteiger partial charge < -0.3 is 19.5 Å². The highest BCUT2D eigenvalue weighted by atomic mass is 35.5. The molecule has 1 amide bonds. The molecule has 0 fully saturated rings. The minimum Gasteiger partial charge on any atom is -0.481 e. The average Bonchev–Trinajstić information content (AvgIpc) is 3.14. The Kier molecular flexibility index (Phi) is 5.88. The number of carbonyl (C=O) groups is 1. The molecule has 6 nitrogen and oxygen atoms in total. The van der Waals surface area contributed by atoms with E-state index in [-0.39, 0.29) is 12.5 Å². The van der Waals surface area contributed by atoms with Gasteiger partial charge in [-0.1, -0.05) is 11.6 Å². The van der Waals surface area contributed by atoms with Gasteiger partial charge in [-0.25, -0.2) is 0 Å². The second-order valence-electron chi connectivity index (χ2n) is 7.37. The number of benzene rings is 2. The van der Waals surface area contributed by atoms with Crippen molar-refractivity contribution in [2.45, 2.75) is 6.54 Å². The fourth-order valence-corrected chi connectivity index (χ4v) is 3.56. The number of hydrogen-bond acceptors (Lipinski definition) is 4. The predicted molar refractivity (Wildman–Crippen MR) is 121 cm³/mol. The van der Waals surface area contributed by atoms with Crippen molar-refractivity contribution in [2.75, 3.05) is 32.6 Å². The lowest BCUT2D eigenvalue weighted by molar-refractivity contribution is -0.118. The van der Waals surface area contributed by atoms with Gasteiger partial charge in [-0.2, -0.15) is 0 Å². The van der Waals surface area contributed by atoms with E-state index in [0.29, 0.717) is 16.3 Å². The van der Waals surface area contributed by atoms with Crippen molar-refractivity contribution < 1.29 is 9.53 Å². The normalized spacial score (nSPS) is 11.3. The zero-order valence-electron chi connectivity index (χ0n) is 16.9. The number of nitrogens with one attached hydrogen (secondary N) is 1. The van der Waals surface area contributed by atoms with E-state index in [1.165, 1.54) is 0 Å². The van der Waals surface area contributed by atoms with E-state index in [2.05, 4.69) is 46.1 Å². The Morgan fingerprint density at radius 3 is 2.90 bits per heavy atom. The standard InChI is InChI=1S/C23H23ClN4O2/c1-27(2)12-13-28-11-9-16-14-17(5-7-20(16)28)26-22(29)15-30-21-8-6-19(24)18-4-3-10-25-23(18)21/h3-11,14H,12-13,15H2,1-2H3,(H,26,29). The number of nitrogens with zero attached hydrogens (tertiary/aromatic N) is 3. The average molecular weight is 423 g/mol. The highest BCUT2D eigenvalue weighted by Gasteiger charge is 2.10. The van der Waals surface area contributed by atoms with Crippen LogP contribution in [0.1, 0.15) is 0 Å². The first-order valence-electron chi connectivity index (χ1n) is 9.71. The molecule has 1 N–H and O–H groups in total. The Morgan fingerprint density at radius 2 is 2.07 bits per heavy atom. The van der Waals surface area contributed by atoms with E-state index < -0.39 is 0 Å². The van der Waals surface area contributed by atoms with Crippen LogP contribution in [0.4, 0.5) is 5.69 Å². The van der Waals surface area contributed by atoms with E-state index in [1.807, 2.05) is 30.3 Å². The maximum Gasteiger partial charge on any atom is 0.262 e. The lowest BCUT2D eigenvalue weighted by atomic mass is 10.2. The summed E-state index contributed by atoms with van der Waals surface area (Å²) in [5.41, 5.74) is 2.52. The quantitative estimate of drug-likeness (QED) is 0.479. The number of halogens is 1. The Balaban J connectivity index is 1.42. The van der Waals surface area contributed by atoms with Crippen molar-refractivity contribution >= 4 is 45.0 Å². The number of likely N-dealkylation sites (N-methyl/N-ethyl adjacent to an activating group) is 1. The molecule has 0 saturated carbocycles. The Bertz CT molecular complexity index is 1200. The van der Waals surface area contributed by atoms with Crippen LogP contribution in [0.25, 0.3) is 21.8 Å². The van der Waals surface area contributed by atoms with E-state index in [1.54, 1.807) is 18.3 Å². The monoisotopic (exact) mass is 422 g/mol. The molecule has 30 heavy (non-hydrogen) atoms. The summed E-state index contributed by atoms with van der Waals surface area (Å²) in [5, 5.41) is 5.37. The van der Waals surface area contributed by atoms with Crippen molar-refractivity contribution in [1.82, 2.24) is 14.5 Å². The number of anilines is 1. The SMILES string of the molecule is CN(C)CCn1ccc2cc(NC(=O)COc3ccc(Cl)c4cccnc34)ccc21. The van der Waals surface area contributed by atoms with Gasteiger partial charge in [0.25, 0.3) is 5.91 Å². The molecule has 0 aliphatic rings. The van der Waals surface area contributed by atoms with Crippen molar-refractivity contribution in [3.8, 4) is 5.75 Å². The van der Waals surface area contributed by atoms with E-state index in [0.717, 1.165) is 35.1 Å². The van der Waals surface area contributed by atoms with Crippen LogP contribution in [0, 0.1) is 0 Å². The summed E-state index contributed by atoms with van der Waals surface area (Å²) < 4.78 is 7.92. The van der Waals surface area contributed by atoms with Crippen LogP contribution in [-0.2, 0) is 11.3 Å². The maximum absolute atomic E-state index is 12.4. The summed E-state index contributed by atoms with van der Waals surface area (Å²) in [6.07, 6.45) is 3.74. The molecule has 2 aromatic heterocycles. The van der Waals surface area contributed by atoms with Crippen molar-refractivity contribution in [3.63, 3.8) is 0 Å². The first kappa shape index (κ1) is 20.2. The molecule has 0 atom stereocenters. The van der Waals surface area contributed by atoms with Crippen LogP contribution in [0.15, 0.2) is 60.9 Å². The number of amides is 1. The first-order valence-corrected chi connectivity index (χ1v) is 10.1. The molecular formula is C23H23ClN4O2. The molecule has 154 valence electrons. The molecule has 0 aliphatic carbocycles. The molecule has 0 radical (unpaired) electrons. The summed E-state index contributed by atoms with van der Waals surface area (Å²) >= 11 is 6.20. The molecule has 4 rings (SSSR count). The topological polar surface area (TPSA) is 59.4 Å². The molecule has 4 aromatic rings. The van der Waals surface area contributed by atoms with Crippen LogP contribution in [0.2, 0.25) is 5.02 Å². The van der Waals surface area contributed by atoms with Gasteiger partial charge in [0.2, 0.25) is 0 Å². The summed E-state index contributed by atoms with van der Waals surface area (Å²) in [6, 6.07) is 15.1. The number of fused-ring (bicyclic) bond motifs is 2. The number of rotatable bonds is 7. The van der Waals surface area contributed by atoms with Crippen LogP contribution in [-0.4, -0.2) is 47.6 Å². The Morgan fingerprint density at radius 1 is 1.20 bits per heavy atom. The first-order chi connectivity index (χ1) is 14.5. The summed E-state index contributed by atoms with van der Waals surface area (Å²) in [7, 11) is 4.12. The van der Waals surface area contributed by atoms with Gasteiger partial charge in [-0.3, -0.25) is 9.78 Å². The van der Waals surface area contributed by atoms with E-state index in [4.69, 9.17) is 16.3 Å². The van der Waals surface area contributed by atoms with Crippen molar-refractivity contribution in [1.29, 1.82) is 0 Å². The fraction of sp³-hybridized carbons (Fsp3) is 0.217. The summed E-state index contributed by atoms with van der Waals surface area (Å²) in [6.45, 7) is 1.77. The van der Waals surface area contributed by atoms with Gasteiger partial charge >= 0.3 is 0 Å². The minimum absolute atomic E-state index is 0.116. The predicted octanol–water partition coefficient (Wildman–Crippen LogP) is 4.42. The van der Waals surface area contributed by atoms with Gasteiger partial charge in [-0.05, 0) is 62.6 Å². The van der Waals surface area contributed by atoms with Crippen molar-refractivity contribution in [3.05, 3.63) is 65.9 Å². The number of hydrogen-bond donors (Lipinski definition) is 1. The molecule has 0 bridgehead atoms. The molecule has 2 heterocycles. The van der Waals surface area contributed by atoms with Crippen LogP contribution >= 0.6 is 11.6 Å². The third-order valence-corrected chi connectivity index (χ3v) is 5.21. The van der Waals surface area contributed by atoms with Crippen LogP contribution < -0.4 is 10.1 Å². The minimum atomic E-state index is -0.236. The molecule has 0 spiro atoms. The molecule has 0 aliphatic heterocycles. The molecule has 0 unspecified atom stereocenters. The number of pyridine rings is 1. The molecule has 2 aromatic carbocycles. The number of aromatic nitrogens is 2. The van der Waals surface area contributed by atoms with Crippen LogP contribution in [0.3, 0.4) is 0 Å². The second-order valence-corrected chi connectivity index (χ2v) is 7.78. The molecular weight excluding hydrogens is 400 g/mol. The smallest absolute Gasteiger partial charge is 0.262 e. The van der Waals surface area contributed by atoms with Gasteiger partial charge in [0, 0.05) is 47.5 Å². The van der Waals surface area contributed by atoms with Crippen molar-refractivity contribution in [2.24, 2.45) is 0 Å². The zero-order chi connectivity index (χ0) is 21.1. The second kappa shape index (κ2) is 8.73. The maximum atomic E-state index is 12.4. The van der Waals surface area contributed by atoms with E-state index >= 15 is 0 Å². The summed E-state index contributed by atoms with van der Waals surface area (Å²) in [5.74, 6) is 0.291. The molecule has 7 heteroatoms. The van der Waals surface area contributed by atoms with Gasteiger partial charge in [0.05, 0.1) is 5.02 Å². The number of ether oxygens (including phenoxy) is 1. The lowest BCUT2D eigenvalue weighted by Gasteiger charge is -2.12. The Hall–Kier alpha value is -3.09. The van der Waals surface area contributed by atoms with Gasteiger partial charge in [0.1, 0.15) is 11.3 Å². The third-order valence-electron chi connectivity index (χ3n) is 4.88. The highest BCUT2D eigenvalue weighted by molar-refractivity contribution is 6.35. The third kappa shape index (κ3) is 4.40. The lowest BCUT2D eigenvalue weighted by Crippen LogP contribution is -2.20. The summed E-state index contributed by atoms with van der Waals surface area (Å²) in [4.78, 5) is 18.9. The van der Waals surface area contributed by atoms with Gasteiger partial charge in [0.15, 0.2) is 6.61 Å². The van der Waals surface area contributed by atoms with Gasteiger partial charge in [-0.15, -0.1) is 0 Å². The van der Waals surface area contributed by atoms with E-state index in [9.17, 15) is 4.79 Å². The number of carbonyl (C=O) groups excluding carboxylic acids is 1. The molecule has 0 saturated heterocycles. The fourth-order valence-electron chi connectivity index (χ4n) is 3.35. The zero-order valence-corrected chi connectivity index (χ0v) is 17.7. The highest BCUT2D eigenvalue weighted by Crippen LogP contribution is 2.29. The van der Waals surface area contributed by atoms with Crippen LogP contribution in [0.5, 0.6) is 5.75 Å².